The molecule has 0 radical (unpaired) electrons. The predicted octanol–water partition coefficient (Wildman–Crippen LogP) is -4.22. The van der Waals surface area contributed by atoms with E-state index in [0.29, 0.717) is 0 Å². The molecule has 0 aliphatic carbocycles. The summed E-state index contributed by atoms with van der Waals surface area (Å²) in [5.41, 5.74) is 0. The molecule has 1 saturated heterocycles. The normalized spacial score (nSPS) is 12.1. The Bertz CT molecular complexity index is 55.5. The number of hydrogen-bond donors (Lipinski definition) is 0. The summed E-state index contributed by atoms with van der Waals surface area (Å²) in [7, 11) is 0. The zero-order valence-corrected chi connectivity index (χ0v) is 7.14. The van der Waals surface area contributed by atoms with Gasteiger partial charge < -0.3 is 14.6 Å². The van der Waals surface area contributed by atoms with Crippen LogP contribution in [0.3, 0.4) is 0 Å². The van der Waals surface area contributed by atoms with Crippen LogP contribution in [0.5, 0.6) is 0 Å². The fraction of sp³-hybridized carbons (Fsp3) is 0.750. The molecule has 1 heterocycles. The molecule has 0 unspecified atom stereocenters. The van der Waals surface area contributed by atoms with E-state index in [4.69, 9.17) is 9.90 Å². The zero-order valence-electron chi connectivity index (χ0n) is 5.14. The summed E-state index contributed by atoms with van der Waals surface area (Å²) in [5, 5.41) is 8.89. The molecule has 0 atom stereocenters. The summed E-state index contributed by atoms with van der Waals surface area (Å²) in [6, 6.07) is 0. The van der Waals surface area contributed by atoms with Crippen molar-refractivity contribution in [1.29, 1.82) is 0 Å². The smallest absolute Gasteiger partial charge is 0.550 e. The van der Waals surface area contributed by atoms with Crippen LogP contribution < -0.4 is 34.7 Å². The summed E-state index contributed by atoms with van der Waals surface area (Å²) in [6.07, 6.45) is 0. The van der Waals surface area contributed by atoms with Crippen LogP contribution in [-0.4, -0.2) is 19.2 Å². The number of carboxylic acid groups (broad SMARTS) is 1. The van der Waals surface area contributed by atoms with Crippen molar-refractivity contribution in [2.24, 2.45) is 0 Å². The maximum absolute atomic E-state index is 8.89. The van der Waals surface area contributed by atoms with Gasteiger partial charge in [-0.1, -0.05) is 0 Å². The first kappa shape index (κ1) is 11.3. The van der Waals surface area contributed by atoms with E-state index >= 15 is 0 Å². The topological polar surface area (TPSA) is 52.7 Å². The molecular formula is C4H7NaO3. The first-order valence-electron chi connectivity index (χ1n) is 1.99. The van der Waals surface area contributed by atoms with Gasteiger partial charge in [-0.05, 0) is 6.92 Å². The number of carbonyl (C=O) groups excluding carboxylic acids is 1. The SMILES string of the molecule is C1CO1.CC(=O)[O-].[Na+]. The maximum Gasteiger partial charge on any atom is 1.00 e. The van der Waals surface area contributed by atoms with Gasteiger partial charge in [0, 0.05) is 5.97 Å². The van der Waals surface area contributed by atoms with Gasteiger partial charge in [0.2, 0.25) is 0 Å². The van der Waals surface area contributed by atoms with E-state index in [0.717, 1.165) is 20.1 Å². The van der Waals surface area contributed by atoms with Gasteiger partial charge in [-0.2, -0.15) is 0 Å². The van der Waals surface area contributed by atoms with E-state index in [1.165, 1.54) is 0 Å². The van der Waals surface area contributed by atoms with E-state index in [-0.39, 0.29) is 29.6 Å². The molecule has 0 aromatic carbocycles. The molecule has 0 aromatic rings. The van der Waals surface area contributed by atoms with Crippen LogP contribution in [0.25, 0.3) is 0 Å². The molecule has 0 saturated carbocycles. The fourth-order valence-corrected chi connectivity index (χ4v) is 0. The van der Waals surface area contributed by atoms with Gasteiger partial charge in [-0.3, -0.25) is 0 Å². The molecule has 1 fully saturated rings. The van der Waals surface area contributed by atoms with E-state index in [1.807, 2.05) is 0 Å². The minimum absolute atomic E-state index is 0. The average molecular weight is 126 g/mol. The second-order valence-corrected chi connectivity index (χ2v) is 1.10. The summed E-state index contributed by atoms with van der Waals surface area (Å²) < 4.78 is 4.50. The Morgan fingerprint density at radius 2 is 1.75 bits per heavy atom. The molecule has 1 aliphatic heterocycles. The van der Waals surface area contributed by atoms with E-state index in [1.54, 1.807) is 0 Å². The number of hydrogen-bond acceptors (Lipinski definition) is 3. The number of carbonyl (C=O) groups is 1. The monoisotopic (exact) mass is 126 g/mol. The fourth-order valence-electron chi connectivity index (χ4n) is 0. The van der Waals surface area contributed by atoms with Gasteiger partial charge in [0.25, 0.3) is 0 Å². The van der Waals surface area contributed by atoms with Gasteiger partial charge in [-0.15, -0.1) is 0 Å². The number of ether oxygens (including phenoxy) is 1. The van der Waals surface area contributed by atoms with Gasteiger partial charge in [0.15, 0.2) is 0 Å². The predicted molar refractivity (Wildman–Crippen MR) is 21.5 cm³/mol. The molecule has 0 bridgehead atoms. The third-order valence-corrected chi connectivity index (χ3v) is 0.204. The third kappa shape index (κ3) is 92.7. The molecule has 0 N–H and O–H groups in total. The minimum Gasteiger partial charge on any atom is -0.550 e. The van der Waals surface area contributed by atoms with Crippen molar-refractivity contribution in [3.63, 3.8) is 0 Å². The Labute approximate surface area is 70.3 Å². The molecule has 0 amide bonds. The summed E-state index contributed by atoms with van der Waals surface area (Å²) in [4.78, 5) is 8.89. The molecule has 0 aromatic heterocycles. The maximum atomic E-state index is 8.89. The molecule has 3 nitrogen and oxygen atoms in total. The number of aliphatic carboxylic acids is 1. The molecule has 4 heteroatoms. The van der Waals surface area contributed by atoms with Gasteiger partial charge in [0.1, 0.15) is 0 Å². The van der Waals surface area contributed by atoms with Crippen molar-refractivity contribution in [1.82, 2.24) is 0 Å². The number of rotatable bonds is 0. The van der Waals surface area contributed by atoms with E-state index in [9.17, 15) is 0 Å². The van der Waals surface area contributed by atoms with E-state index in [2.05, 4.69) is 4.74 Å². The molecule has 8 heavy (non-hydrogen) atoms. The first-order valence-corrected chi connectivity index (χ1v) is 1.99. The Balaban J connectivity index is 0. The third-order valence-electron chi connectivity index (χ3n) is 0.204. The van der Waals surface area contributed by atoms with Crippen molar-refractivity contribution in [2.45, 2.75) is 6.92 Å². The van der Waals surface area contributed by atoms with Crippen molar-refractivity contribution >= 4 is 5.97 Å². The summed E-state index contributed by atoms with van der Waals surface area (Å²) in [5.74, 6) is -1.08. The van der Waals surface area contributed by atoms with Crippen LogP contribution >= 0.6 is 0 Å². The Morgan fingerprint density at radius 1 is 1.62 bits per heavy atom. The Morgan fingerprint density at radius 3 is 1.75 bits per heavy atom. The van der Waals surface area contributed by atoms with Crippen LogP contribution in [-0.2, 0) is 9.53 Å². The van der Waals surface area contributed by atoms with Gasteiger partial charge in [0.05, 0.1) is 13.2 Å². The number of epoxide rings is 1. The molecular weight excluding hydrogens is 119 g/mol. The molecule has 42 valence electrons. The second kappa shape index (κ2) is 7.43. The average Bonchev–Trinajstić information content (AvgIpc) is 2.02. The minimum atomic E-state index is -1.08. The Kier molecular flexibility index (Phi) is 10.5. The molecule has 0 spiro atoms. The van der Waals surface area contributed by atoms with Crippen molar-refractivity contribution < 1.29 is 44.2 Å². The molecule has 1 rings (SSSR count). The summed E-state index contributed by atoms with van der Waals surface area (Å²) in [6.45, 7) is 2.97. The van der Waals surface area contributed by atoms with E-state index < -0.39 is 5.97 Å². The van der Waals surface area contributed by atoms with Crippen LogP contribution in [0.2, 0.25) is 0 Å². The van der Waals surface area contributed by atoms with Crippen molar-refractivity contribution in [3.05, 3.63) is 0 Å². The van der Waals surface area contributed by atoms with Crippen LogP contribution in [0, 0.1) is 0 Å². The second-order valence-electron chi connectivity index (χ2n) is 1.10. The standard InChI is InChI=1S/C2H4O2.C2H4O.Na/c1-2(3)4;1-2-3-1;/h1H3,(H,3,4);1-2H2;/q;;+1/p-1. The quantitative estimate of drug-likeness (QED) is 0.244. The largest absolute Gasteiger partial charge is 1.00 e. The van der Waals surface area contributed by atoms with Crippen molar-refractivity contribution in [3.8, 4) is 0 Å². The van der Waals surface area contributed by atoms with Crippen LogP contribution in [0.1, 0.15) is 6.92 Å². The number of carboxylic acids is 1. The molecule has 1 aliphatic rings. The zero-order chi connectivity index (χ0) is 5.70. The van der Waals surface area contributed by atoms with Gasteiger partial charge >= 0.3 is 29.6 Å². The van der Waals surface area contributed by atoms with Crippen LogP contribution in [0.15, 0.2) is 0 Å². The summed E-state index contributed by atoms with van der Waals surface area (Å²) >= 11 is 0. The van der Waals surface area contributed by atoms with Crippen LogP contribution in [0.4, 0.5) is 0 Å². The van der Waals surface area contributed by atoms with Crippen molar-refractivity contribution in [2.75, 3.05) is 13.2 Å². The van der Waals surface area contributed by atoms with Gasteiger partial charge in [-0.25, -0.2) is 0 Å². The first-order chi connectivity index (χ1) is 3.23. The Hall–Kier alpha value is 0.430.